The van der Waals surface area contributed by atoms with E-state index in [-0.39, 0.29) is 5.97 Å². The number of hydrogen-bond donors (Lipinski definition) is 2. The van der Waals surface area contributed by atoms with Gasteiger partial charge in [0.2, 0.25) is 0 Å². The Kier molecular flexibility index (Phi) is 9.62. The number of nitrogens with zero attached hydrogens (tertiary/aromatic N) is 2. The third kappa shape index (κ3) is 7.11. The van der Waals surface area contributed by atoms with E-state index in [0.29, 0.717) is 19.1 Å². The van der Waals surface area contributed by atoms with E-state index in [0.717, 1.165) is 38.6 Å². The van der Waals surface area contributed by atoms with E-state index in [1.807, 2.05) is 6.92 Å². The monoisotopic (exact) mass is 312 g/mol. The van der Waals surface area contributed by atoms with Gasteiger partial charge >= 0.3 is 5.97 Å². The fourth-order valence-corrected chi connectivity index (χ4v) is 2.73. The Bertz CT molecular complexity index is 347. The first-order valence-electron chi connectivity index (χ1n) is 8.63. The minimum atomic E-state index is -0.129. The number of hydrogen-bond acceptors (Lipinski definition) is 4. The molecule has 1 saturated heterocycles. The molecule has 2 N–H and O–H groups in total. The highest BCUT2D eigenvalue weighted by Gasteiger charge is 2.22. The number of aliphatic imine (C=N–C) groups is 1. The van der Waals surface area contributed by atoms with Crippen molar-refractivity contribution in [2.75, 3.05) is 39.3 Å². The molecule has 0 spiro atoms. The molecule has 1 aliphatic rings. The van der Waals surface area contributed by atoms with Gasteiger partial charge in [-0.1, -0.05) is 6.92 Å². The average molecular weight is 312 g/mol. The van der Waals surface area contributed by atoms with Crippen LogP contribution in [0.2, 0.25) is 0 Å². The van der Waals surface area contributed by atoms with Crippen LogP contribution in [0.4, 0.5) is 0 Å². The van der Waals surface area contributed by atoms with Crippen LogP contribution >= 0.6 is 0 Å². The highest BCUT2D eigenvalue weighted by atomic mass is 16.5. The topological polar surface area (TPSA) is 66.0 Å². The van der Waals surface area contributed by atoms with Crippen LogP contribution in [-0.2, 0) is 9.53 Å². The third-order valence-electron chi connectivity index (χ3n) is 3.87. The van der Waals surface area contributed by atoms with Crippen molar-refractivity contribution in [3.63, 3.8) is 0 Å². The Morgan fingerprint density at radius 1 is 1.32 bits per heavy atom. The molecule has 0 aromatic rings. The number of guanidine groups is 1. The zero-order valence-electron chi connectivity index (χ0n) is 14.4. The van der Waals surface area contributed by atoms with Crippen molar-refractivity contribution in [3.8, 4) is 0 Å². The molecule has 6 heteroatoms. The highest BCUT2D eigenvalue weighted by molar-refractivity contribution is 5.79. The summed E-state index contributed by atoms with van der Waals surface area (Å²) in [4.78, 5) is 18.5. The molecule has 1 heterocycles. The summed E-state index contributed by atoms with van der Waals surface area (Å²) in [5, 5.41) is 6.54. The second-order valence-electron chi connectivity index (χ2n) is 5.48. The molecular weight excluding hydrogens is 280 g/mol. The quantitative estimate of drug-likeness (QED) is 0.291. The lowest BCUT2D eigenvalue weighted by atomic mass is 10.2. The van der Waals surface area contributed by atoms with Crippen molar-refractivity contribution in [2.45, 2.75) is 52.5 Å². The lowest BCUT2D eigenvalue weighted by molar-refractivity contribution is -0.143. The summed E-state index contributed by atoms with van der Waals surface area (Å²) in [6, 6.07) is 0.569. The number of nitrogens with one attached hydrogen (secondary N) is 2. The maximum Gasteiger partial charge on any atom is 0.305 e. The summed E-state index contributed by atoms with van der Waals surface area (Å²) < 4.78 is 4.92. The van der Waals surface area contributed by atoms with E-state index < -0.39 is 0 Å². The second-order valence-corrected chi connectivity index (χ2v) is 5.48. The molecule has 0 aliphatic carbocycles. The fourth-order valence-electron chi connectivity index (χ4n) is 2.73. The van der Waals surface area contributed by atoms with Gasteiger partial charge in [-0.25, -0.2) is 0 Å². The van der Waals surface area contributed by atoms with Crippen LogP contribution in [0.1, 0.15) is 46.5 Å². The largest absolute Gasteiger partial charge is 0.466 e. The minimum Gasteiger partial charge on any atom is -0.466 e. The normalized spacial score (nSPS) is 19.2. The number of rotatable bonds is 9. The van der Waals surface area contributed by atoms with Crippen LogP contribution in [0.15, 0.2) is 4.99 Å². The molecule has 0 aromatic carbocycles. The second kappa shape index (κ2) is 11.3. The van der Waals surface area contributed by atoms with E-state index >= 15 is 0 Å². The van der Waals surface area contributed by atoms with Crippen molar-refractivity contribution in [2.24, 2.45) is 4.99 Å². The first-order valence-corrected chi connectivity index (χ1v) is 8.63. The minimum absolute atomic E-state index is 0.129. The Morgan fingerprint density at radius 3 is 2.82 bits per heavy atom. The molecule has 6 nitrogen and oxygen atoms in total. The third-order valence-corrected chi connectivity index (χ3v) is 3.87. The smallest absolute Gasteiger partial charge is 0.305 e. The molecule has 0 amide bonds. The summed E-state index contributed by atoms with van der Waals surface area (Å²) in [5.74, 6) is 0.713. The Labute approximate surface area is 134 Å². The van der Waals surface area contributed by atoms with Crippen LogP contribution < -0.4 is 10.6 Å². The number of carbonyl (C=O) groups is 1. The van der Waals surface area contributed by atoms with E-state index in [1.54, 1.807) is 0 Å². The van der Waals surface area contributed by atoms with Gasteiger partial charge in [0.15, 0.2) is 5.96 Å². The molecular formula is C16H32N4O2. The van der Waals surface area contributed by atoms with Crippen LogP contribution in [0.3, 0.4) is 0 Å². The van der Waals surface area contributed by atoms with Gasteiger partial charge in [-0.3, -0.25) is 14.7 Å². The van der Waals surface area contributed by atoms with Crippen LogP contribution in [0.5, 0.6) is 0 Å². The number of carbonyl (C=O) groups excluding carboxylic acids is 1. The summed E-state index contributed by atoms with van der Waals surface area (Å²) in [6.45, 7) is 11.2. The standard InChI is InChI=1S/C16H32N4O2/c1-4-17-16(18-11-7-10-15(21)22-6-3)19-13-14-9-8-12-20(14)5-2/h14H,4-13H2,1-3H3,(H2,17,18,19). The molecule has 0 saturated carbocycles. The Hall–Kier alpha value is -1.30. The van der Waals surface area contributed by atoms with E-state index in [4.69, 9.17) is 4.74 Å². The lowest BCUT2D eigenvalue weighted by Gasteiger charge is -2.21. The van der Waals surface area contributed by atoms with E-state index in [2.05, 4.69) is 34.4 Å². The van der Waals surface area contributed by atoms with Gasteiger partial charge in [0.1, 0.15) is 0 Å². The van der Waals surface area contributed by atoms with Gasteiger partial charge in [-0.15, -0.1) is 0 Å². The van der Waals surface area contributed by atoms with Gasteiger partial charge < -0.3 is 15.4 Å². The molecule has 1 atom stereocenters. The average Bonchev–Trinajstić information content (AvgIpc) is 2.96. The molecule has 0 aromatic heterocycles. The van der Waals surface area contributed by atoms with Gasteiger partial charge in [0.05, 0.1) is 13.2 Å². The van der Waals surface area contributed by atoms with Gasteiger partial charge in [-0.05, 0) is 46.2 Å². The molecule has 0 radical (unpaired) electrons. The summed E-state index contributed by atoms with van der Waals surface area (Å²) in [6.07, 6.45) is 3.72. The predicted octanol–water partition coefficient (Wildman–Crippen LogP) is 1.37. The summed E-state index contributed by atoms with van der Waals surface area (Å²) in [5.41, 5.74) is 0. The zero-order valence-corrected chi connectivity index (χ0v) is 14.4. The van der Waals surface area contributed by atoms with Crippen molar-refractivity contribution < 1.29 is 9.53 Å². The zero-order chi connectivity index (χ0) is 16.2. The molecule has 22 heavy (non-hydrogen) atoms. The molecule has 128 valence electrons. The number of likely N-dealkylation sites (tertiary alicyclic amines) is 1. The van der Waals surface area contributed by atoms with E-state index in [1.165, 1.54) is 19.4 Å². The highest BCUT2D eigenvalue weighted by Crippen LogP contribution is 2.16. The van der Waals surface area contributed by atoms with Crippen molar-refractivity contribution in [3.05, 3.63) is 0 Å². The van der Waals surface area contributed by atoms with Crippen molar-refractivity contribution >= 4 is 11.9 Å². The molecule has 1 fully saturated rings. The maximum atomic E-state index is 11.3. The number of esters is 1. The number of likely N-dealkylation sites (N-methyl/N-ethyl adjacent to an activating group) is 1. The molecule has 1 rings (SSSR count). The van der Waals surface area contributed by atoms with Gasteiger partial charge in [-0.2, -0.15) is 0 Å². The van der Waals surface area contributed by atoms with Crippen molar-refractivity contribution in [1.29, 1.82) is 0 Å². The first-order chi connectivity index (χ1) is 10.7. The SMILES string of the molecule is CCNC(=NCC1CCCN1CC)NCCCC(=O)OCC. The lowest BCUT2D eigenvalue weighted by Crippen LogP contribution is -2.39. The van der Waals surface area contributed by atoms with Crippen molar-refractivity contribution in [1.82, 2.24) is 15.5 Å². The van der Waals surface area contributed by atoms with Crippen LogP contribution in [0.25, 0.3) is 0 Å². The Balaban J connectivity index is 2.31. The fraction of sp³-hybridized carbons (Fsp3) is 0.875. The van der Waals surface area contributed by atoms with Crippen LogP contribution in [-0.4, -0.2) is 62.2 Å². The predicted molar refractivity (Wildman–Crippen MR) is 90.1 cm³/mol. The van der Waals surface area contributed by atoms with Crippen LogP contribution in [0, 0.1) is 0 Å². The van der Waals surface area contributed by atoms with Gasteiger partial charge in [0, 0.05) is 25.6 Å². The van der Waals surface area contributed by atoms with Gasteiger partial charge in [0.25, 0.3) is 0 Å². The molecule has 1 unspecified atom stereocenters. The number of ether oxygens (including phenoxy) is 1. The van der Waals surface area contributed by atoms with E-state index in [9.17, 15) is 4.79 Å². The summed E-state index contributed by atoms with van der Waals surface area (Å²) >= 11 is 0. The molecule has 1 aliphatic heterocycles. The first kappa shape index (κ1) is 18.7. The Morgan fingerprint density at radius 2 is 2.14 bits per heavy atom. The maximum absolute atomic E-state index is 11.3. The molecule has 0 bridgehead atoms. The summed E-state index contributed by atoms with van der Waals surface area (Å²) in [7, 11) is 0.